The molecule has 0 spiro atoms. The van der Waals surface area contributed by atoms with Gasteiger partial charge in [0.1, 0.15) is 0 Å². The van der Waals surface area contributed by atoms with Crippen molar-refractivity contribution >= 4 is 37.6 Å². The third kappa shape index (κ3) is 5.39. The second-order valence-corrected chi connectivity index (χ2v) is 7.74. The first-order chi connectivity index (χ1) is 8.72. The predicted molar refractivity (Wildman–Crippen MR) is 79.8 cm³/mol. The SMILES string of the molecule is CC(C)CC(O)CNS(=O)(=O)c1ccc(Cl)c(Br)c1. The highest BCUT2D eigenvalue weighted by atomic mass is 79.9. The van der Waals surface area contributed by atoms with Crippen LogP contribution in [0.3, 0.4) is 0 Å². The highest BCUT2D eigenvalue weighted by molar-refractivity contribution is 9.10. The van der Waals surface area contributed by atoms with E-state index in [0.717, 1.165) is 0 Å². The van der Waals surface area contributed by atoms with Crippen molar-refractivity contribution in [3.8, 4) is 0 Å². The first-order valence-corrected chi connectivity index (χ1v) is 8.50. The molecule has 2 N–H and O–H groups in total. The van der Waals surface area contributed by atoms with E-state index in [1.807, 2.05) is 13.8 Å². The van der Waals surface area contributed by atoms with Crippen LogP contribution in [0.15, 0.2) is 27.6 Å². The summed E-state index contributed by atoms with van der Waals surface area (Å²) < 4.78 is 26.9. The lowest BCUT2D eigenvalue weighted by Gasteiger charge is -2.14. The number of sulfonamides is 1. The molecule has 0 aliphatic heterocycles. The summed E-state index contributed by atoms with van der Waals surface area (Å²) in [5.74, 6) is 0.309. The van der Waals surface area contributed by atoms with Gasteiger partial charge in [0.2, 0.25) is 10.0 Å². The summed E-state index contributed by atoms with van der Waals surface area (Å²) in [6, 6.07) is 4.36. The van der Waals surface area contributed by atoms with E-state index < -0.39 is 16.1 Å². The van der Waals surface area contributed by atoms with Gasteiger partial charge in [-0.1, -0.05) is 25.4 Å². The predicted octanol–water partition coefficient (Wildman–Crippen LogP) is 2.79. The minimum atomic E-state index is -3.63. The van der Waals surface area contributed by atoms with Gasteiger partial charge in [0, 0.05) is 11.0 Å². The smallest absolute Gasteiger partial charge is 0.240 e. The summed E-state index contributed by atoms with van der Waals surface area (Å²) in [5.41, 5.74) is 0. The van der Waals surface area contributed by atoms with Gasteiger partial charge in [0.05, 0.1) is 16.0 Å². The molecule has 108 valence electrons. The quantitative estimate of drug-likeness (QED) is 0.809. The van der Waals surface area contributed by atoms with Crippen molar-refractivity contribution in [2.75, 3.05) is 6.54 Å². The molecular formula is C12H17BrClNO3S. The van der Waals surface area contributed by atoms with Crippen LogP contribution in [0.2, 0.25) is 5.02 Å². The fourth-order valence-corrected chi connectivity index (χ4v) is 3.31. The maximum absolute atomic E-state index is 12.0. The van der Waals surface area contributed by atoms with Crippen LogP contribution in [0, 0.1) is 5.92 Å². The number of nitrogens with one attached hydrogen (secondary N) is 1. The second kappa shape index (κ2) is 7.04. The second-order valence-electron chi connectivity index (χ2n) is 4.71. The Morgan fingerprint density at radius 3 is 2.58 bits per heavy atom. The summed E-state index contributed by atoms with van der Waals surface area (Å²) in [7, 11) is -3.63. The van der Waals surface area contributed by atoms with Crippen LogP contribution in [0.25, 0.3) is 0 Å². The fraction of sp³-hybridized carbons (Fsp3) is 0.500. The van der Waals surface area contributed by atoms with E-state index in [4.69, 9.17) is 11.6 Å². The van der Waals surface area contributed by atoms with Crippen molar-refractivity contribution in [3.63, 3.8) is 0 Å². The van der Waals surface area contributed by atoms with Crippen molar-refractivity contribution in [1.82, 2.24) is 4.72 Å². The van der Waals surface area contributed by atoms with Crippen LogP contribution < -0.4 is 4.72 Å². The maximum Gasteiger partial charge on any atom is 0.240 e. The van der Waals surface area contributed by atoms with Crippen molar-refractivity contribution in [2.45, 2.75) is 31.3 Å². The zero-order valence-corrected chi connectivity index (χ0v) is 13.9. The summed E-state index contributed by atoms with van der Waals surface area (Å²) in [5, 5.41) is 10.1. The van der Waals surface area contributed by atoms with Gasteiger partial charge in [-0.25, -0.2) is 13.1 Å². The number of rotatable bonds is 6. The Bertz CT molecular complexity index is 534. The minimum absolute atomic E-state index is 0.000753. The molecule has 1 aromatic rings. The van der Waals surface area contributed by atoms with Gasteiger partial charge in [-0.05, 0) is 46.5 Å². The van der Waals surface area contributed by atoms with E-state index in [9.17, 15) is 13.5 Å². The van der Waals surface area contributed by atoms with E-state index in [2.05, 4.69) is 20.7 Å². The third-order valence-corrected chi connectivity index (χ3v) is 5.09. The molecule has 1 aromatic carbocycles. The van der Waals surface area contributed by atoms with Crippen LogP contribution in [-0.4, -0.2) is 26.2 Å². The molecule has 0 saturated heterocycles. The van der Waals surface area contributed by atoms with E-state index in [-0.39, 0.29) is 11.4 Å². The molecule has 0 saturated carbocycles. The molecule has 0 aromatic heterocycles. The number of aliphatic hydroxyl groups is 1. The molecule has 1 rings (SSSR count). The van der Waals surface area contributed by atoms with Crippen LogP contribution in [-0.2, 0) is 10.0 Å². The number of halogens is 2. The lowest BCUT2D eigenvalue weighted by atomic mass is 10.1. The first kappa shape index (κ1) is 16.9. The van der Waals surface area contributed by atoms with Crippen LogP contribution >= 0.6 is 27.5 Å². The van der Waals surface area contributed by atoms with E-state index in [1.165, 1.54) is 18.2 Å². The highest BCUT2D eigenvalue weighted by Gasteiger charge is 2.17. The molecule has 19 heavy (non-hydrogen) atoms. The molecule has 0 aliphatic rings. The molecule has 1 atom stereocenters. The molecule has 0 amide bonds. The topological polar surface area (TPSA) is 66.4 Å². The van der Waals surface area contributed by atoms with E-state index >= 15 is 0 Å². The monoisotopic (exact) mass is 369 g/mol. The van der Waals surface area contributed by atoms with Gasteiger partial charge in [0.15, 0.2) is 0 Å². The normalized spacial score (nSPS) is 13.8. The zero-order chi connectivity index (χ0) is 14.6. The Morgan fingerprint density at radius 2 is 2.05 bits per heavy atom. The molecule has 0 aliphatic carbocycles. The Morgan fingerprint density at radius 1 is 1.42 bits per heavy atom. The molecule has 1 unspecified atom stereocenters. The van der Waals surface area contributed by atoms with Crippen molar-refractivity contribution in [3.05, 3.63) is 27.7 Å². The van der Waals surface area contributed by atoms with Crippen LogP contribution in [0.4, 0.5) is 0 Å². The molecule has 4 nitrogen and oxygen atoms in total. The molecule has 0 fully saturated rings. The van der Waals surface area contributed by atoms with Crippen LogP contribution in [0.5, 0.6) is 0 Å². The zero-order valence-electron chi connectivity index (χ0n) is 10.7. The van der Waals surface area contributed by atoms with E-state index in [1.54, 1.807) is 0 Å². The van der Waals surface area contributed by atoms with Gasteiger partial charge in [-0.2, -0.15) is 0 Å². The average Bonchev–Trinajstić information content (AvgIpc) is 2.29. The van der Waals surface area contributed by atoms with Crippen molar-refractivity contribution in [2.24, 2.45) is 5.92 Å². The average molecular weight is 371 g/mol. The standard InChI is InChI=1S/C12H17BrClNO3S/c1-8(2)5-9(16)7-15-19(17,18)10-3-4-12(14)11(13)6-10/h3-4,6,8-9,15-16H,5,7H2,1-2H3. The number of hydrogen-bond donors (Lipinski definition) is 2. The molecule has 0 radical (unpaired) electrons. The molecular weight excluding hydrogens is 354 g/mol. The van der Waals surface area contributed by atoms with Gasteiger partial charge >= 0.3 is 0 Å². The lowest BCUT2D eigenvalue weighted by Crippen LogP contribution is -2.32. The maximum atomic E-state index is 12.0. The Labute approximate surface area is 127 Å². The van der Waals surface area contributed by atoms with Crippen LogP contribution in [0.1, 0.15) is 20.3 Å². The van der Waals surface area contributed by atoms with Gasteiger partial charge in [0.25, 0.3) is 0 Å². The Balaban J connectivity index is 2.73. The fourth-order valence-electron chi connectivity index (χ4n) is 1.56. The Kier molecular flexibility index (Phi) is 6.26. The summed E-state index contributed by atoms with van der Waals surface area (Å²) in [4.78, 5) is 0.112. The third-order valence-electron chi connectivity index (χ3n) is 2.45. The van der Waals surface area contributed by atoms with Gasteiger partial charge in [-0.15, -0.1) is 0 Å². The molecule has 0 bridgehead atoms. The molecule has 7 heteroatoms. The largest absolute Gasteiger partial charge is 0.392 e. The number of aliphatic hydroxyl groups excluding tert-OH is 1. The number of benzene rings is 1. The number of hydrogen-bond acceptors (Lipinski definition) is 3. The molecule has 0 heterocycles. The first-order valence-electron chi connectivity index (χ1n) is 5.85. The lowest BCUT2D eigenvalue weighted by molar-refractivity contribution is 0.152. The summed E-state index contributed by atoms with van der Waals surface area (Å²) in [6.45, 7) is 3.93. The summed E-state index contributed by atoms with van der Waals surface area (Å²) >= 11 is 8.99. The van der Waals surface area contributed by atoms with Gasteiger partial charge in [-0.3, -0.25) is 0 Å². The summed E-state index contributed by atoms with van der Waals surface area (Å²) in [6.07, 6.45) is -0.141. The van der Waals surface area contributed by atoms with E-state index in [0.29, 0.717) is 21.8 Å². The Hall–Kier alpha value is -0.140. The van der Waals surface area contributed by atoms with Crippen molar-refractivity contribution < 1.29 is 13.5 Å². The highest BCUT2D eigenvalue weighted by Crippen LogP contribution is 2.25. The van der Waals surface area contributed by atoms with Gasteiger partial charge < -0.3 is 5.11 Å². The van der Waals surface area contributed by atoms with Crippen molar-refractivity contribution in [1.29, 1.82) is 0 Å². The minimum Gasteiger partial charge on any atom is -0.392 e.